The van der Waals surface area contributed by atoms with Gasteiger partial charge in [0.2, 0.25) is 24.3 Å². The lowest BCUT2D eigenvalue weighted by Crippen LogP contribution is -1.84. The number of unbranched alkanes of at least 4 members (excludes halogenated alkanes) is 10. The Labute approximate surface area is 167 Å². The van der Waals surface area contributed by atoms with E-state index in [0.29, 0.717) is 26.2 Å². The Morgan fingerprint density at radius 1 is 0.321 bits per heavy atom. The highest BCUT2D eigenvalue weighted by Gasteiger charge is 1.91. The van der Waals surface area contributed by atoms with Crippen LogP contribution in [0.15, 0.2) is 20.0 Å². The van der Waals surface area contributed by atoms with Gasteiger partial charge in [0.25, 0.3) is 0 Å². The van der Waals surface area contributed by atoms with Crippen LogP contribution in [0.5, 0.6) is 0 Å². The minimum Gasteiger partial charge on any atom is -0.211 e. The normalized spacial score (nSPS) is 8.86. The van der Waals surface area contributed by atoms with E-state index >= 15 is 0 Å². The summed E-state index contributed by atoms with van der Waals surface area (Å²) in [6.07, 6.45) is 18.9. The molecule has 0 saturated heterocycles. The quantitative estimate of drug-likeness (QED) is 0.199. The van der Waals surface area contributed by atoms with E-state index in [9.17, 15) is 19.2 Å². The van der Waals surface area contributed by atoms with Crippen LogP contribution in [0.3, 0.4) is 0 Å². The maximum Gasteiger partial charge on any atom is 0.234 e. The Kier molecular flexibility index (Phi) is 29.0. The lowest BCUT2D eigenvalue weighted by Gasteiger charge is -1.97. The number of rotatable bonds is 18. The summed E-state index contributed by atoms with van der Waals surface area (Å²) >= 11 is 0. The molecule has 0 spiro atoms. The second-order valence-electron chi connectivity index (χ2n) is 6.13. The van der Waals surface area contributed by atoms with Crippen LogP contribution in [0.4, 0.5) is 0 Å². The Balaban J connectivity index is 0. The molecule has 0 aliphatic heterocycles. The number of isocyanates is 4. The molecule has 156 valence electrons. The molecular weight excluding hydrogens is 360 g/mol. The smallest absolute Gasteiger partial charge is 0.211 e. The van der Waals surface area contributed by atoms with Crippen molar-refractivity contribution >= 4 is 24.3 Å². The predicted molar refractivity (Wildman–Crippen MR) is 107 cm³/mol. The van der Waals surface area contributed by atoms with Gasteiger partial charge in [-0.1, -0.05) is 51.4 Å². The first-order valence-electron chi connectivity index (χ1n) is 9.98. The van der Waals surface area contributed by atoms with Crippen molar-refractivity contribution in [2.75, 3.05) is 26.2 Å². The highest BCUT2D eigenvalue weighted by Crippen LogP contribution is 2.06. The largest absolute Gasteiger partial charge is 0.234 e. The molecule has 0 amide bonds. The minimum atomic E-state index is 0.596. The lowest BCUT2D eigenvalue weighted by atomic mass is 10.1. The maximum atomic E-state index is 9.71. The van der Waals surface area contributed by atoms with E-state index in [0.717, 1.165) is 77.0 Å². The molecule has 0 aromatic heterocycles. The van der Waals surface area contributed by atoms with Crippen LogP contribution in [0.2, 0.25) is 0 Å². The van der Waals surface area contributed by atoms with Gasteiger partial charge in [0.15, 0.2) is 0 Å². The molecule has 8 nitrogen and oxygen atoms in total. The highest BCUT2D eigenvalue weighted by atomic mass is 16.1. The highest BCUT2D eigenvalue weighted by molar-refractivity contribution is 5.33. The van der Waals surface area contributed by atoms with Gasteiger partial charge >= 0.3 is 0 Å². The van der Waals surface area contributed by atoms with Crippen molar-refractivity contribution in [2.45, 2.75) is 77.0 Å². The van der Waals surface area contributed by atoms with Gasteiger partial charge in [0, 0.05) is 0 Å². The van der Waals surface area contributed by atoms with Crippen LogP contribution < -0.4 is 0 Å². The number of hydrogen-bond acceptors (Lipinski definition) is 8. The van der Waals surface area contributed by atoms with Crippen LogP contribution in [-0.2, 0) is 19.2 Å². The summed E-state index contributed by atoms with van der Waals surface area (Å²) in [4.78, 5) is 52.7. The molecular formula is C20H32N4O4. The van der Waals surface area contributed by atoms with E-state index < -0.39 is 0 Å². The standard InChI is InChI=1S/2C10H16N2O2/c2*13-9-11-7-5-3-1-2-4-6-8-12-10-14/h2*1-8H2. The third-order valence-electron chi connectivity index (χ3n) is 3.84. The summed E-state index contributed by atoms with van der Waals surface area (Å²) in [5, 5.41) is 0. The fourth-order valence-electron chi connectivity index (χ4n) is 2.36. The second kappa shape index (κ2) is 29.3. The molecule has 0 unspecified atom stereocenters. The van der Waals surface area contributed by atoms with E-state index in [4.69, 9.17) is 0 Å². The SMILES string of the molecule is O=C=NCCCCCCCCN=C=O.O=C=NCCCCCCCCN=C=O. The van der Waals surface area contributed by atoms with Crippen molar-refractivity contribution in [1.29, 1.82) is 0 Å². The molecule has 0 aliphatic rings. The molecule has 8 heteroatoms. The summed E-state index contributed by atoms with van der Waals surface area (Å²) in [7, 11) is 0. The zero-order valence-electron chi connectivity index (χ0n) is 16.7. The summed E-state index contributed by atoms with van der Waals surface area (Å²) in [6, 6.07) is 0. The van der Waals surface area contributed by atoms with Gasteiger partial charge in [0.05, 0.1) is 26.2 Å². The minimum absolute atomic E-state index is 0.596. The van der Waals surface area contributed by atoms with Gasteiger partial charge in [-0.25, -0.2) is 39.1 Å². The fraction of sp³-hybridized carbons (Fsp3) is 0.800. The first kappa shape index (κ1) is 27.7. The van der Waals surface area contributed by atoms with E-state index in [1.165, 1.54) is 24.3 Å². The van der Waals surface area contributed by atoms with Crippen molar-refractivity contribution in [3.63, 3.8) is 0 Å². The van der Waals surface area contributed by atoms with Gasteiger partial charge < -0.3 is 0 Å². The molecule has 28 heavy (non-hydrogen) atoms. The van der Waals surface area contributed by atoms with Gasteiger partial charge in [-0.15, -0.1) is 0 Å². The van der Waals surface area contributed by atoms with E-state index in [2.05, 4.69) is 20.0 Å². The van der Waals surface area contributed by atoms with Crippen molar-refractivity contribution < 1.29 is 19.2 Å². The number of hydrogen-bond donors (Lipinski definition) is 0. The van der Waals surface area contributed by atoms with Crippen molar-refractivity contribution in [3.8, 4) is 0 Å². The van der Waals surface area contributed by atoms with Gasteiger partial charge in [0.1, 0.15) is 0 Å². The number of aliphatic imine (C=N–C) groups is 4. The molecule has 0 heterocycles. The molecule has 0 rings (SSSR count). The predicted octanol–water partition coefficient (Wildman–Crippen LogP) is 4.00. The maximum absolute atomic E-state index is 9.71. The summed E-state index contributed by atoms with van der Waals surface area (Å²) in [6.45, 7) is 2.38. The average Bonchev–Trinajstić information content (AvgIpc) is 2.71. The molecule has 0 aromatic carbocycles. The van der Waals surface area contributed by atoms with Crippen LogP contribution in [0.1, 0.15) is 77.0 Å². The molecule has 0 bridgehead atoms. The fourth-order valence-corrected chi connectivity index (χ4v) is 2.36. The summed E-state index contributed by atoms with van der Waals surface area (Å²) in [5.41, 5.74) is 0. The zero-order valence-corrected chi connectivity index (χ0v) is 16.7. The van der Waals surface area contributed by atoms with E-state index in [1.54, 1.807) is 0 Å². The molecule has 0 radical (unpaired) electrons. The van der Waals surface area contributed by atoms with Crippen LogP contribution in [0.25, 0.3) is 0 Å². The molecule has 0 aromatic rings. The number of carbonyl (C=O) groups excluding carboxylic acids is 4. The average molecular weight is 393 g/mol. The first-order valence-corrected chi connectivity index (χ1v) is 9.98. The molecule has 0 saturated carbocycles. The lowest BCUT2D eigenvalue weighted by molar-refractivity contribution is 0.557. The summed E-state index contributed by atoms with van der Waals surface area (Å²) in [5.74, 6) is 0. The topological polar surface area (TPSA) is 118 Å². The molecule has 0 atom stereocenters. The van der Waals surface area contributed by atoms with E-state index in [1.807, 2.05) is 0 Å². The van der Waals surface area contributed by atoms with Gasteiger partial charge in [-0.05, 0) is 25.7 Å². The monoisotopic (exact) mass is 392 g/mol. The van der Waals surface area contributed by atoms with Gasteiger partial charge in [-0.2, -0.15) is 0 Å². The summed E-state index contributed by atoms with van der Waals surface area (Å²) < 4.78 is 0. The second-order valence-corrected chi connectivity index (χ2v) is 6.13. The third-order valence-corrected chi connectivity index (χ3v) is 3.84. The molecule has 0 aliphatic carbocycles. The first-order chi connectivity index (χ1) is 13.8. The molecule has 0 N–H and O–H groups in total. The van der Waals surface area contributed by atoms with E-state index in [-0.39, 0.29) is 0 Å². The van der Waals surface area contributed by atoms with Crippen LogP contribution in [0, 0.1) is 0 Å². The Morgan fingerprint density at radius 3 is 0.679 bits per heavy atom. The molecule has 0 fully saturated rings. The van der Waals surface area contributed by atoms with Gasteiger partial charge in [-0.3, -0.25) is 0 Å². The Morgan fingerprint density at radius 2 is 0.500 bits per heavy atom. The third kappa shape index (κ3) is 31.3. The van der Waals surface area contributed by atoms with Crippen molar-refractivity contribution in [3.05, 3.63) is 0 Å². The van der Waals surface area contributed by atoms with Crippen LogP contribution >= 0.6 is 0 Å². The van der Waals surface area contributed by atoms with Crippen molar-refractivity contribution in [2.24, 2.45) is 20.0 Å². The van der Waals surface area contributed by atoms with Crippen molar-refractivity contribution in [1.82, 2.24) is 0 Å². The zero-order chi connectivity index (χ0) is 21.0. The Hall–Kier alpha value is -2.48. The Bertz CT molecular complexity index is 432. The van der Waals surface area contributed by atoms with Crippen LogP contribution in [-0.4, -0.2) is 50.5 Å². The number of nitrogens with zero attached hydrogens (tertiary/aromatic N) is 4.